The fourth-order valence-corrected chi connectivity index (χ4v) is 7.23. The van der Waals surface area contributed by atoms with Crippen LogP contribution >= 0.6 is 0 Å². The molecule has 3 saturated carbocycles. The van der Waals surface area contributed by atoms with Crippen LogP contribution in [0.25, 0.3) is 0 Å². The molecule has 0 N–H and O–H groups in total. The molecule has 2 heteroatoms. The second kappa shape index (κ2) is 5.04. The van der Waals surface area contributed by atoms with E-state index in [4.69, 9.17) is 0 Å². The Hall–Kier alpha value is -0.920. The Morgan fingerprint density at radius 3 is 2.57 bits per heavy atom. The highest BCUT2D eigenvalue weighted by atomic mass is 16.1. The molecule has 3 unspecified atom stereocenters. The summed E-state index contributed by atoms with van der Waals surface area (Å²) in [7, 11) is 0. The Morgan fingerprint density at radius 2 is 1.83 bits per heavy atom. The monoisotopic (exact) mass is 314 g/mol. The Balaban J connectivity index is 1.67. The standard InChI is InChI=1S/C21H30O2/c1-13(22)17-6-7-18-16-5-4-14-12-15(23)8-10-20(14,2)19(16)9-11-21(17,18)3/h12,16-19H,4-11H2,1-3H3/t16?,17-,18+,19+,20?,21?/m1/s1. The molecule has 0 aliphatic heterocycles. The minimum Gasteiger partial charge on any atom is -0.300 e. The summed E-state index contributed by atoms with van der Waals surface area (Å²) < 4.78 is 0. The van der Waals surface area contributed by atoms with Crippen molar-refractivity contribution >= 4 is 11.6 Å². The van der Waals surface area contributed by atoms with Crippen LogP contribution < -0.4 is 0 Å². The minimum absolute atomic E-state index is 0.245. The van der Waals surface area contributed by atoms with E-state index in [1.54, 1.807) is 6.92 Å². The molecule has 0 spiro atoms. The van der Waals surface area contributed by atoms with E-state index in [1.807, 2.05) is 6.08 Å². The van der Waals surface area contributed by atoms with Crippen LogP contribution in [0.15, 0.2) is 11.6 Å². The van der Waals surface area contributed by atoms with E-state index in [9.17, 15) is 9.59 Å². The van der Waals surface area contributed by atoms with Gasteiger partial charge in [-0.25, -0.2) is 0 Å². The molecule has 3 fully saturated rings. The maximum atomic E-state index is 12.1. The lowest BCUT2D eigenvalue weighted by Crippen LogP contribution is -2.51. The summed E-state index contributed by atoms with van der Waals surface area (Å²) in [6, 6.07) is 0. The summed E-state index contributed by atoms with van der Waals surface area (Å²) >= 11 is 0. The van der Waals surface area contributed by atoms with Gasteiger partial charge in [0.1, 0.15) is 5.78 Å². The molecule has 6 atom stereocenters. The zero-order valence-corrected chi connectivity index (χ0v) is 14.9. The van der Waals surface area contributed by atoms with Gasteiger partial charge in [-0.1, -0.05) is 19.4 Å². The molecule has 0 bridgehead atoms. The third kappa shape index (κ3) is 2.06. The number of hydrogen-bond acceptors (Lipinski definition) is 2. The summed E-state index contributed by atoms with van der Waals surface area (Å²) in [5.41, 5.74) is 1.95. The van der Waals surface area contributed by atoms with Crippen LogP contribution in [-0.2, 0) is 9.59 Å². The molecular formula is C21H30O2. The van der Waals surface area contributed by atoms with Gasteiger partial charge in [-0.2, -0.15) is 0 Å². The SMILES string of the molecule is CC(=O)[C@H]1CC[C@H]2C3CCC4=CC(=O)CCC4(C)[C@H]3CCC12C. The van der Waals surface area contributed by atoms with Crippen molar-refractivity contribution in [1.29, 1.82) is 0 Å². The molecule has 4 rings (SSSR count). The van der Waals surface area contributed by atoms with Crippen molar-refractivity contribution in [3.05, 3.63) is 11.6 Å². The van der Waals surface area contributed by atoms with E-state index in [0.29, 0.717) is 17.5 Å². The van der Waals surface area contributed by atoms with Gasteiger partial charge in [0, 0.05) is 12.3 Å². The summed E-state index contributed by atoms with van der Waals surface area (Å²) in [5.74, 6) is 3.29. The molecule has 0 amide bonds. The van der Waals surface area contributed by atoms with Crippen LogP contribution in [0.2, 0.25) is 0 Å². The van der Waals surface area contributed by atoms with E-state index in [2.05, 4.69) is 13.8 Å². The third-order valence-electron chi connectivity index (χ3n) is 8.45. The summed E-state index contributed by atoms with van der Waals surface area (Å²) in [5, 5.41) is 0. The number of fused-ring (bicyclic) bond motifs is 5. The topological polar surface area (TPSA) is 34.1 Å². The molecule has 0 aromatic heterocycles. The number of carbonyl (C=O) groups is 2. The molecule has 126 valence electrons. The molecule has 4 aliphatic carbocycles. The average molecular weight is 314 g/mol. The number of Topliss-reactive ketones (excluding diaryl/α,β-unsaturated/α-hetero) is 1. The molecular weight excluding hydrogens is 284 g/mol. The van der Waals surface area contributed by atoms with E-state index < -0.39 is 0 Å². The van der Waals surface area contributed by atoms with E-state index >= 15 is 0 Å². The van der Waals surface area contributed by atoms with Crippen molar-refractivity contribution in [3.8, 4) is 0 Å². The maximum Gasteiger partial charge on any atom is 0.155 e. The zero-order chi connectivity index (χ0) is 16.4. The molecule has 4 aliphatic rings. The van der Waals surface area contributed by atoms with Crippen LogP contribution in [0.3, 0.4) is 0 Å². The van der Waals surface area contributed by atoms with E-state index in [-0.39, 0.29) is 10.8 Å². The Morgan fingerprint density at radius 1 is 1.04 bits per heavy atom. The summed E-state index contributed by atoms with van der Waals surface area (Å²) in [4.78, 5) is 24.0. The highest BCUT2D eigenvalue weighted by Crippen LogP contribution is 2.66. The Labute approximate surface area is 140 Å². The molecule has 0 saturated heterocycles. The lowest BCUT2D eigenvalue weighted by atomic mass is 9.47. The zero-order valence-electron chi connectivity index (χ0n) is 14.9. The quantitative estimate of drug-likeness (QED) is 0.701. The normalized spacial score (nSPS) is 49.0. The van der Waals surface area contributed by atoms with Crippen LogP contribution in [-0.4, -0.2) is 11.6 Å². The molecule has 0 aromatic rings. The summed E-state index contributed by atoms with van der Waals surface area (Å²) in [6.45, 7) is 6.65. The predicted octanol–water partition coefficient (Wildman–Crippen LogP) is 4.72. The number of rotatable bonds is 1. The van der Waals surface area contributed by atoms with Crippen LogP contribution in [0.1, 0.15) is 72.1 Å². The number of carbonyl (C=O) groups excluding carboxylic acids is 2. The first kappa shape index (κ1) is 15.6. The van der Waals surface area contributed by atoms with Crippen molar-refractivity contribution in [3.63, 3.8) is 0 Å². The first-order valence-electron chi connectivity index (χ1n) is 9.60. The van der Waals surface area contributed by atoms with Crippen LogP contribution in [0.4, 0.5) is 0 Å². The number of ketones is 2. The predicted molar refractivity (Wildman–Crippen MR) is 90.9 cm³/mol. The second-order valence-electron chi connectivity index (χ2n) is 9.25. The van der Waals surface area contributed by atoms with Gasteiger partial charge in [0.2, 0.25) is 0 Å². The van der Waals surface area contributed by atoms with Crippen molar-refractivity contribution in [2.75, 3.05) is 0 Å². The lowest BCUT2D eigenvalue weighted by Gasteiger charge is -2.58. The summed E-state index contributed by atoms with van der Waals surface area (Å²) in [6.07, 6.45) is 10.9. The van der Waals surface area contributed by atoms with Crippen molar-refractivity contribution in [2.45, 2.75) is 72.1 Å². The van der Waals surface area contributed by atoms with E-state index in [1.165, 1.54) is 31.3 Å². The fourth-order valence-electron chi connectivity index (χ4n) is 7.23. The molecule has 0 heterocycles. The molecule has 23 heavy (non-hydrogen) atoms. The Kier molecular flexibility index (Phi) is 3.42. The molecule has 0 radical (unpaired) electrons. The smallest absolute Gasteiger partial charge is 0.155 e. The van der Waals surface area contributed by atoms with Crippen molar-refractivity contribution < 1.29 is 9.59 Å². The first-order chi connectivity index (χ1) is 10.9. The van der Waals surface area contributed by atoms with Gasteiger partial charge in [0.15, 0.2) is 5.78 Å². The van der Waals surface area contributed by atoms with Gasteiger partial charge in [0.05, 0.1) is 0 Å². The van der Waals surface area contributed by atoms with Crippen LogP contribution in [0, 0.1) is 34.5 Å². The van der Waals surface area contributed by atoms with Gasteiger partial charge < -0.3 is 0 Å². The van der Waals surface area contributed by atoms with Gasteiger partial charge in [0.25, 0.3) is 0 Å². The second-order valence-corrected chi connectivity index (χ2v) is 9.25. The third-order valence-corrected chi connectivity index (χ3v) is 8.45. The van der Waals surface area contributed by atoms with E-state index in [0.717, 1.165) is 43.4 Å². The first-order valence-corrected chi connectivity index (χ1v) is 9.60. The van der Waals surface area contributed by atoms with Crippen molar-refractivity contribution in [2.24, 2.45) is 34.5 Å². The lowest BCUT2D eigenvalue weighted by molar-refractivity contribution is -0.128. The highest BCUT2D eigenvalue weighted by Gasteiger charge is 2.59. The van der Waals surface area contributed by atoms with Crippen molar-refractivity contribution in [1.82, 2.24) is 0 Å². The number of allylic oxidation sites excluding steroid dienone is 1. The average Bonchev–Trinajstić information content (AvgIpc) is 2.85. The van der Waals surface area contributed by atoms with Gasteiger partial charge in [-0.15, -0.1) is 0 Å². The van der Waals surface area contributed by atoms with Gasteiger partial charge in [-0.3, -0.25) is 9.59 Å². The van der Waals surface area contributed by atoms with Crippen LogP contribution in [0.5, 0.6) is 0 Å². The number of hydrogen-bond donors (Lipinski definition) is 0. The van der Waals surface area contributed by atoms with Gasteiger partial charge in [-0.05, 0) is 86.5 Å². The minimum atomic E-state index is 0.245. The largest absolute Gasteiger partial charge is 0.300 e. The maximum absolute atomic E-state index is 12.1. The fraction of sp³-hybridized carbons (Fsp3) is 0.810. The van der Waals surface area contributed by atoms with Gasteiger partial charge >= 0.3 is 0 Å². The Bertz CT molecular complexity index is 589. The molecule has 0 aromatic carbocycles. The molecule has 2 nitrogen and oxygen atoms in total. The highest BCUT2D eigenvalue weighted by molar-refractivity contribution is 5.91.